The molecule has 2 atom stereocenters. The Morgan fingerprint density at radius 3 is 2.78 bits per heavy atom. The lowest BCUT2D eigenvalue weighted by Crippen LogP contribution is -2.34. The Hall–Kier alpha value is -0.120. The number of aliphatic hydroxyl groups is 1. The zero-order valence-electron chi connectivity index (χ0n) is 5.63. The summed E-state index contributed by atoms with van der Waals surface area (Å²) in [5, 5.41) is 9.18. The molecule has 0 heterocycles. The highest BCUT2D eigenvalue weighted by Gasteiger charge is 2.24. The van der Waals surface area contributed by atoms with Crippen molar-refractivity contribution in [2.75, 3.05) is 7.11 Å². The molecule has 9 heavy (non-hydrogen) atoms. The third-order valence-corrected chi connectivity index (χ3v) is 1.75. The Kier molecular flexibility index (Phi) is 2.45. The zero-order chi connectivity index (χ0) is 6.69. The van der Waals surface area contributed by atoms with Crippen molar-refractivity contribution in [3.05, 3.63) is 0 Å². The van der Waals surface area contributed by atoms with Gasteiger partial charge in [0.25, 0.3) is 0 Å². The fourth-order valence-corrected chi connectivity index (χ4v) is 1.23. The predicted molar refractivity (Wildman–Crippen MR) is 33.8 cm³/mol. The molecule has 0 aromatic heterocycles. The quantitative estimate of drug-likeness (QED) is 0.520. The molecule has 2 N–H and O–H groups in total. The molecular formula is C6H13NO2. The number of hydrogen-bond acceptors (Lipinski definition) is 3. The first-order valence-corrected chi connectivity index (χ1v) is 3.31. The molecule has 1 saturated carbocycles. The van der Waals surface area contributed by atoms with Crippen molar-refractivity contribution in [1.82, 2.24) is 5.48 Å². The van der Waals surface area contributed by atoms with Gasteiger partial charge in [0.2, 0.25) is 0 Å². The third-order valence-electron chi connectivity index (χ3n) is 1.75. The van der Waals surface area contributed by atoms with E-state index in [2.05, 4.69) is 10.3 Å². The van der Waals surface area contributed by atoms with Gasteiger partial charge in [-0.1, -0.05) is 0 Å². The number of nitrogens with one attached hydrogen (secondary N) is 1. The van der Waals surface area contributed by atoms with Gasteiger partial charge in [-0.25, -0.2) is 0 Å². The van der Waals surface area contributed by atoms with Crippen LogP contribution in [0.25, 0.3) is 0 Å². The second-order valence-electron chi connectivity index (χ2n) is 2.43. The van der Waals surface area contributed by atoms with Crippen molar-refractivity contribution < 1.29 is 9.94 Å². The van der Waals surface area contributed by atoms with Crippen LogP contribution in [0.2, 0.25) is 0 Å². The number of aliphatic hydroxyl groups excluding tert-OH is 1. The number of rotatable bonds is 2. The summed E-state index contributed by atoms with van der Waals surface area (Å²) in [4.78, 5) is 4.69. The molecule has 0 bridgehead atoms. The van der Waals surface area contributed by atoms with Gasteiger partial charge in [-0.2, -0.15) is 5.48 Å². The minimum Gasteiger partial charge on any atom is -0.391 e. The van der Waals surface area contributed by atoms with Gasteiger partial charge in [-0.15, -0.1) is 0 Å². The highest BCUT2D eigenvalue weighted by atomic mass is 16.6. The van der Waals surface area contributed by atoms with Gasteiger partial charge >= 0.3 is 0 Å². The van der Waals surface area contributed by atoms with Crippen LogP contribution >= 0.6 is 0 Å². The topological polar surface area (TPSA) is 41.5 Å². The molecule has 0 unspecified atom stereocenters. The van der Waals surface area contributed by atoms with Crippen LogP contribution in [0.15, 0.2) is 0 Å². The maximum absolute atomic E-state index is 9.18. The van der Waals surface area contributed by atoms with E-state index in [0.717, 1.165) is 19.3 Å². The Balaban J connectivity index is 2.22. The molecule has 0 radical (unpaired) electrons. The molecule has 1 rings (SSSR count). The maximum atomic E-state index is 9.18. The summed E-state index contributed by atoms with van der Waals surface area (Å²) in [6.45, 7) is 0. The molecule has 0 aliphatic heterocycles. The Labute approximate surface area is 55.0 Å². The average molecular weight is 131 g/mol. The van der Waals surface area contributed by atoms with E-state index in [9.17, 15) is 5.11 Å². The second kappa shape index (κ2) is 3.15. The fraction of sp³-hybridized carbons (Fsp3) is 1.00. The molecule has 1 fully saturated rings. The summed E-state index contributed by atoms with van der Waals surface area (Å²) >= 11 is 0. The largest absolute Gasteiger partial charge is 0.391 e. The first kappa shape index (κ1) is 6.99. The van der Waals surface area contributed by atoms with Crippen LogP contribution in [-0.4, -0.2) is 24.4 Å². The summed E-state index contributed by atoms with van der Waals surface area (Å²) < 4.78 is 0. The molecule has 3 heteroatoms. The van der Waals surface area contributed by atoms with Crippen molar-refractivity contribution in [3.8, 4) is 0 Å². The van der Waals surface area contributed by atoms with Crippen molar-refractivity contribution >= 4 is 0 Å². The summed E-state index contributed by atoms with van der Waals surface area (Å²) in [7, 11) is 1.57. The van der Waals surface area contributed by atoms with Crippen molar-refractivity contribution in [2.24, 2.45) is 0 Å². The van der Waals surface area contributed by atoms with Crippen molar-refractivity contribution in [3.63, 3.8) is 0 Å². The molecular weight excluding hydrogens is 118 g/mol. The number of hydrogen-bond donors (Lipinski definition) is 2. The molecule has 1 aliphatic rings. The lowest BCUT2D eigenvalue weighted by Gasteiger charge is -2.13. The molecule has 0 aromatic rings. The van der Waals surface area contributed by atoms with Crippen LogP contribution < -0.4 is 5.48 Å². The van der Waals surface area contributed by atoms with Gasteiger partial charge in [0.05, 0.1) is 19.3 Å². The maximum Gasteiger partial charge on any atom is 0.0716 e. The fourth-order valence-electron chi connectivity index (χ4n) is 1.23. The van der Waals surface area contributed by atoms with Crippen LogP contribution in [0.4, 0.5) is 0 Å². The van der Waals surface area contributed by atoms with Crippen molar-refractivity contribution in [2.45, 2.75) is 31.4 Å². The summed E-state index contributed by atoms with van der Waals surface area (Å²) in [6, 6.07) is 0.162. The first-order chi connectivity index (χ1) is 4.34. The molecule has 0 saturated heterocycles. The first-order valence-electron chi connectivity index (χ1n) is 3.31. The van der Waals surface area contributed by atoms with E-state index >= 15 is 0 Å². The van der Waals surface area contributed by atoms with E-state index in [0.29, 0.717) is 0 Å². The minimum absolute atomic E-state index is 0.162. The number of hydroxylamine groups is 1. The molecule has 0 spiro atoms. The Morgan fingerprint density at radius 2 is 2.33 bits per heavy atom. The van der Waals surface area contributed by atoms with Gasteiger partial charge < -0.3 is 9.94 Å². The molecule has 0 amide bonds. The molecule has 0 aromatic carbocycles. The minimum atomic E-state index is -0.204. The monoisotopic (exact) mass is 131 g/mol. The van der Waals surface area contributed by atoms with Crippen LogP contribution in [-0.2, 0) is 4.84 Å². The average Bonchev–Trinajstić information content (AvgIpc) is 2.18. The Bertz CT molecular complexity index is 87.1. The van der Waals surface area contributed by atoms with Gasteiger partial charge in [0, 0.05) is 0 Å². The summed E-state index contributed by atoms with van der Waals surface area (Å²) in [5.74, 6) is 0. The van der Waals surface area contributed by atoms with Crippen LogP contribution in [0.3, 0.4) is 0 Å². The SMILES string of the molecule is CON[C@@H]1CCC[C@H]1O. The predicted octanol–water partition coefficient (Wildman–Crippen LogP) is 0.0508. The van der Waals surface area contributed by atoms with Crippen molar-refractivity contribution in [1.29, 1.82) is 0 Å². The zero-order valence-corrected chi connectivity index (χ0v) is 5.63. The second-order valence-corrected chi connectivity index (χ2v) is 2.43. The van der Waals surface area contributed by atoms with Gasteiger partial charge in [0.15, 0.2) is 0 Å². The van der Waals surface area contributed by atoms with Gasteiger partial charge in [-0.05, 0) is 19.3 Å². The van der Waals surface area contributed by atoms with Crippen LogP contribution in [0.5, 0.6) is 0 Å². The van der Waals surface area contributed by atoms with E-state index in [1.165, 1.54) is 0 Å². The highest BCUT2D eigenvalue weighted by molar-refractivity contribution is 4.79. The summed E-state index contributed by atoms with van der Waals surface area (Å²) in [6.07, 6.45) is 2.82. The van der Waals surface area contributed by atoms with E-state index in [1.807, 2.05) is 0 Å². The van der Waals surface area contributed by atoms with E-state index in [4.69, 9.17) is 0 Å². The lowest BCUT2D eigenvalue weighted by molar-refractivity contribution is 0.0192. The lowest BCUT2D eigenvalue weighted by atomic mass is 10.2. The highest BCUT2D eigenvalue weighted by Crippen LogP contribution is 2.18. The Morgan fingerprint density at radius 1 is 1.56 bits per heavy atom. The molecule has 54 valence electrons. The van der Waals surface area contributed by atoms with Gasteiger partial charge in [-0.3, -0.25) is 0 Å². The third kappa shape index (κ3) is 1.64. The van der Waals surface area contributed by atoms with E-state index in [-0.39, 0.29) is 12.1 Å². The normalized spacial score (nSPS) is 35.3. The van der Waals surface area contributed by atoms with Crippen LogP contribution in [0.1, 0.15) is 19.3 Å². The molecule has 1 aliphatic carbocycles. The van der Waals surface area contributed by atoms with E-state index in [1.54, 1.807) is 7.11 Å². The van der Waals surface area contributed by atoms with E-state index < -0.39 is 0 Å². The summed E-state index contributed by atoms with van der Waals surface area (Å²) in [5.41, 5.74) is 2.74. The van der Waals surface area contributed by atoms with Gasteiger partial charge in [0.1, 0.15) is 0 Å². The smallest absolute Gasteiger partial charge is 0.0716 e. The van der Waals surface area contributed by atoms with Crippen LogP contribution in [0, 0.1) is 0 Å². The molecule has 3 nitrogen and oxygen atoms in total. The standard InChI is InChI=1S/C6H13NO2/c1-9-7-5-3-2-4-6(5)8/h5-8H,2-4H2,1H3/t5-,6-/m1/s1.